The lowest BCUT2D eigenvalue weighted by Gasteiger charge is -2.04. The molecule has 0 saturated heterocycles. The number of aromatic nitrogens is 2. The van der Waals surface area contributed by atoms with Gasteiger partial charge in [0.15, 0.2) is 0 Å². The molecule has 0 bridgehead atoms. The van der Waals surface area contributed by atoms with Crippen molar-refractivity contribution in [2.75, 3.05) is 0 Å². The van der Waals surface area contributed by atoms with E-state index in [9.17, 15) is 4.79 Å². The molecule has 0 amide bonds. The molecule has 0 aliphatic heterocycles. The highest BCUT2D eigenvalue weighted by atomic mass is 32.1. The Hall–Kier alpha value is -2.05. The molecule has 0 spiro atoms. The minimum Gasteiger partial charge on any atom is -0.392 e. The Balaban J connectivity index is 2.25. The minimum atomic E-state index is -0.108. The number of nitrogens with two attached hydrogens (primary N) is 1. The lowest BCUT2D eigenvalue weighted by Crippen LogP contribution is -2.27. The number of hydrogen-bond acceptors (Lipinski definition) is 4. The van der Waals surface area contributed by atoms with Crippen molar-refractivity contribution in [1.82, 2.24) is 9.55 Å². The molecule has 2 heterocycles. The van der Waals surface area contributed by atoms with E-state index in [1.54, 1.807) is 0 Å². The predicted octanol–water partition coefficient (Wildman–Crippen LogP) is 2.41. The lowest BCUT2D eigenvalue weighted by molar-refractivity contribution is 0.796. The molecule has 3 rings (SSSR count). The van der Waals surface area contributed by atoms with E-state index in [1.807, 2.05) is 35.7 Å². The minimum absolute atomic E-state index is 0.108. The van der Waals surface area contributed by atoms with Crippen LogP contribution in [0.2, 0.25) is 0 Å². The number of thiocarbonyl (C=S) groups is 1. The molecule has 20 heavy (non-hydrogen) atoms. The Morgan fingerprint density at radius 3 is 2.80 bits per heavy atom. The van der Waals surface area contributed by atoms with Crippen LogP contribution in [0.15, 0.2) is 46.8 Å². The molecule has 2 aromatic heterocycles. The second-order valence-electron chi connectivity index (χ2n) is 4.34. The maximum absolute atomic E-state index is 12.5. The van der Waals surface area contributed by atoms with Crippen LogP contribution in [0.25, 0.3) is 21.3 Å². The summed E-state index contributed by atoms with van der Waals surface area (Å²) in [5, 5.41) is 2.58. The fourth-order valence-corrected chi connectivity index (χ4v) is 3.12. The summed E-state index contributed by atoms with van der Waals surface area (Å²) >= 11 is 6.32. The van der Waals surface area contributed by atoms with Gasteiger partial charge in [-0.05, 0) is 5.56 Å². The predicted molar refractivity (Wildman–Crippen MR) is 86.1 cm³/mol. The number of nitrogens with zero attached hydrogens (tertiary/aromatic N) is 2. The Morgan fingerprint density at radius 1 is 1.35 bits per heavy atom. The quantitative estimate of drug-likeness (QED) is 0.755. The van der Waals surface area contributed by atoms with Gasteiger partial charge in [0.1, 0.15) is 4.83 Å². The lowest BCUT2D eigenvalue weighted by atomic mass is 10.1. The van der Waals surface area contributed by atoms with E-state index in [-0.39, 0.29) is 17.1 Å². The zero-order valence-electron chi connectivity index (χ0n) is 10.4. The van der Waals surface area contributed by atoms with Gasteiger partial charge in [0.25, 0.3) is 5.56 Å². The molecule has 1 aromatic carbocycles. The fourth-order valence-electron chi connectivity index (χ4n) is 2.08. The van der Waals surface area contributed by atoms with Gasteiger partial charge in [-0.25, -0.2) is 4.98 Å². The summed E-state index contributed by atoms with van der Waals surface area (Å²) in [6.45, 7) is 0.210. The van der Waals surface area contributed by atoms with E-state index >= 15 is 0 Å². The first-order valence-electron chi connectivity index (χ1n) is 5.97. The third-order valence-corrected chi connectivity index (χ3v) is 3.99. The van der Waals surface area contributed by atoms with Crippen LogP contribution in [0.5, 0.6) is 0 Å². The molecule has 0 atom stereocenters. The van der Waals surface area contributed by atoms with Gasteiger partial charge in [-0.15, -0.1) is 11.3 Å². The second kappa shape index (κ2) is 5.15. The van der Waals surface area contributed by atoms with E-state index in [1.165, 1.54) is 22.2 Å². The first-order valence-corrected chi connectivity index (χ1v) is 7.26. The number of thiophene rings is 1. The highest BCUT2D eigenvalue weighted by molar-refractivity contribution is 7.80. The van der Waals surface area contributed by atoms with Crippen molar-refractivity contribution in [2.24, 2.45) is 5.73 Å². The van der Waals surface area contributed by atoms with Gasteiger partial charge in [0.05, 0.1) is 23.2 Å². The normalized spacial score (nSPS) is 10.8. The van der Waals surface area contributed by atoms with Crippen molar-refractivity contribution in [1.29, 1.82) is 0 Å². The number of rotatable bonds is 3. The topological polar surface area (TPSA) is 60.9 Å². The van der Waals surface area contributed by atoms with Crippen LogP contribution in [0, 0.1) is 0 Å². The zero-order valence-corrected chi connectivity index (χ0v) is 12.1. The van der Waals surface area contributed by atoms with Crippen LogP contribution >= 0.6 is 23.6 Å². The van der Waals surface area contributed by atoms with E-state index in [0.29, 0.717) is 5.39 Å². The van der Waals surface area contributed by atoms with Crippen molar-refractivity contribution in [3.63, 3.8) is 0 Å². The summed E-state index contributed by atoms with van der Waals surface area (Å²) in [5.41, 5.74) is 7.31. The molecular weight excluding hydrogens is 290 g/mol. The first-order chi connectivity index (χ1) is 9.66. The third-order valence-electron chi connectivity index (χ3n) is 2.97. The summed E-state index contributed by atoms with van der Waals surface area (Å²) < 4.78 is 1.45. The van der Waals surface area contributed by atoms with Crippen LogP contribution < -0.4 is 11.3 Å². The van der Waals surface area contributed by atoms with Crippen LogP contribution in [0.1, 0.15) is 0 Å². The van der Waals surface area contributed by atoms with Gasteiger partial charge in [0.2, 0.25) is 0 Å². The maximum atomic E-state index is 12.5. The standard InChI is InChI=1S/C14H11N3OS2/c15-11(19)6-17-8-16-13-12(14(17)18)10(7-20-13)9-4-2-1-3-5-9/h1-5,7-8H,6H2,(H2,15,19). The van der Waals surface area contributed by atoms with Crippen LogP contribution in [-0.2, 0) is 6.54 Å². The highest BCUT2D eigenvalue weighted by Gasteiger charge is 2.13. The fraction of sp³-hybridized carbons (Fsp3) is 0.0714. The van der Waals surface area contributed by atoms with Gasteiger partial charge in [-0.1, -0.05) is 42.5 Å². The monoisotopic (exact) mass is 301 g/mol. The molecule has 0 radical (unpaired) electrons. The molecule has 0 aliphatic carbocycles. The summed E-state index contributed by atoms with van der Waals surface area (Å²) in [7, 11) is 0. The van der Waals surface area contributed by atoms with Crippen molar-refractivity contribution < 1.29 is 0 Å². The largest absolute Gasteiger partial charge is 0.392 e. The van der Waals surface area contributed by atoms with E-state index < -0.39 is 0 Å². The van der Waals surface area contributed by atoms with Crippen molar-refractivity contribution in [2.45, 2.75) is 6.54 Å². The summed E-state index contributed by atoms with van der Waals surface area (Å²) in [4.78, 5) is 17.8. The summed E-state index contributed by atoms with van der Waals surface area (Å²) in [6.07, 6.45) is 1.50. The molecule has 0 unspecified atom stereocenters. The van der Waals surface area contributed by atoms with E-state index in [4.69, 9.17) is 18.0 Å². The van der Waals surface area contributed by atoms with Crippen molar-refractivity contribution in [3.8, 4) is 11.1 Å². The van der Waals surface area contributed by atoms with E-state index in [2.05, 4.69) is 4.98 Å². The molecule has 3 aromatic rings. The van der Waals surface area contributed by atoms with Crippen molar-refractivity contribution in [3.05, 3.63) is 52.4 Å². The van der Waals surface area contributed by atoms with Gasteiger partial charge in [0, 0.05) is 10.9 Å². The molecule has 0 fully saturated rings. The molecule has 4 nitrogen and oxygen atoms in total. The van der Waals surface area contributed by atoms with Crippen LogP contribution in [-0.4, -0.2) is 14.5 Å². The third kappa shape index (κ3) is 2.23. The smallest absolute Gasteiger partial charge is 0.263 e. The Morgan fingerprint density at radius 2 is 2.10 bits per heavy atom. The first kappa shape index (κ1) is 13.0. The molecular formula is C14H11N3OS2. The van der Waals surface area contributed by atoms with Gasteiger partial charge in [-0.2, -0.15) is 0 Å². The van der Waals surface area contributed by atoms with Crippen LogP contribution in [0.3, 0.4) is 0 Å². The Bertz CT molecular complexity index is 836. The summed E-state index contributed by atoms with van der Waals surface area (Å²) in [6, 6.07) is 9.80. The van der Waals surface area contributed by atoms with Gasteiger partial charge >= 0.3 is 0 Å². The van der Waals surface area contributed by atoms with E-state index in [0.717, 1.165) is 16.0 Å². The average Bonchev–Trinajstić information content (AvgIpc) is 2.87. The highest BCUT2D eigenvalue weighted by Crippen LogP contribution is 2.30. The van der Waals surface area contributed by atoms with Gasteiger partial charge < -0.3 is 5.73 Å². The second-order valence-corrected chi connectivity index (χ2v) is 5.72. The summed E-state index contributed by atoms with van der Waals surface area (Å²) in [5.74, 6) is 0. The molecule has 100 valence electrons. The Kier molecular flexibility index (Phi) is 3.33. The zero-order chi connectivity index (χ0) is 14.1. The average molecular weight is 301 g/mol. The molecule has 0 saturated carbocycles. The van der Waals surface area contributed by atoms with Gasteiger partial charge in [-0.3, -0.25) is 9.36 Å². The number of fused-ring (bicyclic) bond motifs is 1. The number of benzene rings is 1. The SMILES string of the molecule is NC(=S)Cn1cnc2scc(-c3ccccc3)c2c1=O. The molecule has 2 N–H and O–H groups in total. The molecule has 6 heteroatoms. The molecule has 0 aliphatic rings. The van der Waals surface area contributed by atoms with Crippen molar-refractivity contribution >= 4 is 38.8 Å². The van der Waals surface area contributed by atoms with Crippen LogP contribution in [0.4, 0.5) is 0 Å². The number of hydrogen-bond donors (Lipinski definition) is 1. The Labute approximate surface area is 124 Å². The maximum Gasteiger partial charge on any atom is 0.263 e.